The first kappa shape index (κ1) is 21.1. The van der Waals surface area contributed by atoms with Gasteiger partial charge in [0.2, 0.25) is 12.7 Å². The summed E-state index contributed by atoms with van der Waals surface area (Å²) in [5.74, 6) is 1.25. The van der Waals surface area contributed by atoms with Crippen molar-refractivity contribution < 1.29 is 23.8 Å². The van der Waals surface area contributed by atoms with Gasteiger partial charge in [-0.3, -0.25) is 14.6 Å². The minimum atomic E-state index is -0.367. The third-order valence-corrected chi connectivity index (χ3v) is 5.54. The van der Waals surface area contributed by atoms with Crippen LogP contribution in [0.1, 0.15) is 21.5 Å². The van der Waals surface area contributed by atoms with Crippen LogP contribution in [-0.2, 0) is 22.6 Å². The number of ether oxygens (including phenoxy) is 3. The Morgan fingerprint density at radius 1 is 0.935 bits per heavy atom. The highest BCUT2D eigenvalue weighted by molar-refractivity contribution is 5.89. The molecule has 4 rings (SSSR count). The normalized spacial score (nSPS) is 16.2. The molecule has 2 aromatic rings. The molecule has 2 aliphatic rings. The van der Waals surface area contributed by atoms with Crippen molar-refractivity contribution in [3.8, 4) is 11.5 Å². The second kappa shape index (κ2) is 9.80. The molecule has 0 atom stereocenters. The Kier molecular flexibility index (Phi) is 6.69. The molecule has 0 spiro atoms. The molecule has 0 aliphatic carbocycles. The van der Waals surface area contributed by atoms with E-state index in [-0.39, 0.29) is 11.9 Å². The van der Waals surface area contributed by atoms with Crippen LogP contribution >= 0.6 is 0 Å². The van der Waals surface area contributed by atoms with Gasteiger partial charge >= 0.3 is 5.97 Å². The maximum atomic E-state index is 12.3. The van der Waals surface area contributed by atoms with E-state index < -0.39 is 0 Å². The number of benzene rings is 2. The quantitative estimate of drug-likeness (QED) is 0.676. The van der Waals surface area contributed by atoms with Gasteiger partial charge in [0.25, 0.3) is 0 Å². The smallest absolute Gasteiger partial charge is 0.337 e. The number of rotatable bonds is 7. The Balaban J connectivity index is 1.17. The molecule has 0 aromatic heterocycles. The van der Waals surface area contributed by atoms with E-state index in [1.807, 2.05) is 24.3 Å². The summed E-state index contributed by atoms with van der Waals surface area (Å²) in [6.07, 6.45) is 0. The molecule has 0 radical (unpaired) electrons. The fourth-order valence-electron chi connectivity index (χ4n) is 3.74. The standard InChI is InChI=1S/C23H27N3O5/c1-29-23(28)19-5-2-17(3-6-19)13-24-22(27)15-26-10-8-25(9-11-26)14-18-4-7-20-21(12-18)31-16-30-20/h2-7,12H,8-11,13-16H2,1H3,(H,24,27). The Hall–Kier alpha value is -3.10. The molecule has 164 valence electrons. The number of methoxy groups -OCH3 is 1. The van der Waals surface area contributed by atoms with Crippen molar-refractivity contribution in [2.24, 2.45) is 0 Å². The number of nitrogens with zero attached hydrogens (tertiary/aromatic N) is 2. The molecule has 2 aliphatic heterocycles. The number of amides is 1. The molecule has 0 bridgehead atoms. The van der Waals surface area contributed by atoms with Crippen molar-refractivity contribution in [1.82, 2.24) is 15.1 Å². The van der Waals surface area contributed by atoms with E-state index in [4.69, 9.17) is 9.47 Å². The lowest BCUT2D eigenvalue weighted by Gasteiger charge is -2.34. The zero-order chi connectivity index (χ0) is 21.6. The van der Waals surface area contributed by atoms with E-state index in [1.165, 1.54) is 12.7 Å². The minimum Gasteiger partial charge on any atom is -0.465 e. The fourth-order valence-corrected chi connectivity index (χ4v) is 3.74. The lowest BCUT2D eigenvalue weighted by atomic mass is 10.1. The van der Waals surface area contributed by atoms with Gasteiger partial charge in [0, 0.05) is 39.3 Å². The molecular weight excluding hydrogens is 398 g/mol. The van der Waals surface area contributed by atoms with E-state index in [9.17, 15) is 9.59 Å². The van der Waals surface area contributed by atoms with E-state index in [0.29, 0.717) is 25.4 Å². The van der Waals surface area contributed by atoms with Crippen LogP contribution in [0.2, 0.25) is 0 Å². The Morgan fingerprint density at radius 2 is 1.61 bits per heavy atom. The summed E-state index contributed by atoms with van der Waals surface area (Å²) in [6.45, 7) is 5.50. The van der Waals surface area contributed by atoms with Crippen molar-refractivity contribution in [3.05, 3.63) is 59.2 Å². The maximum Gasteiger partial charge on any atom is 0.337 e. The summed E-state index contributed by atoms with van der Waals surface area (Å²) in [7, 11) is 1.35. The molecule has 1 saturated heterocycles. The molecule has 8 nitrogen and oxygen atoms in total. The molecule has 2 aromatic carbocycles. The fraction of sp³-hybridized carbons (Fsp3) is 0.391. The highest BCUT2D eigenvalue weighted by Crippen LogP contribution is 2.32. The number of carbonyl (C=O) groups excluding carboxylic acids is 2. The van der Waals surface area contributed by atoms with Gasteiger partial charge in [0.1, 0.15) is 0 Å². The number of carbonyl (C=O) groups is 2. The first-order valence-electron chi connectivity index (χ1n) is 10.4. The van der Waals surface area contributed by atoms with Crippen molar-refractivity contribution in [1.29, 1.82) is 0 Å². The average Bonchev–Trinajstić information content (AvgIpc) is 3.27. The van der Waals surface area contributed by atoms with Crippen LogP contribution in [0.4, 0.5) is 0 Å². The number of hydrogen-bond donors (Lipinski definition) is 1. The van der Waals surface area contributed by atoms with Crippen molar-refractivity contribution in [2.75, 3.05) is 46.6 Å². The second-order valence-corrected chi connectivity index (χ2v) is 7.71. The summed E-state index contributed by atoms with van der Waals surface area (Å²) in [5.41, 5.74) is 2.64. The van der Waals surface area contributed by atoms with E-state index >= 15 is 0 Å². The monoisotopic (exact) mass is 425 g/mol. The SMILES string of the molecule is COC(=O)c1ccc(CNC(=O)CN2CCN(Cc3ccc4c(c3)OCO4)CC2)cc1. The van der Waals surface area contributed by atoms with Gasteiger partial charge in [-0.05, 0) is 35.4 Å². The summed E-state index contributed by atoms with van der Waals surface area (Å²) in [4.78, 5) is 28.3. The lowest BCUT2D eigenvalue weighted by Crippen LogP contribution is -2.49. The van der Waals surface area contributed by atoms with Crippen molar-refractivity contribution in [2.45, 2.75) is 13.1 Å². The van der Waals surface area contributed by atoms with Gasteiger partial charge in [-0.1, -0.05) is 18.2 Å². The summed E-state index contributed by atoms with van der Waals surface area (Å²) >= 11 is 0. The highest BCUT2D eigenvalue weighted by atomic mass is 16.7. The summed E-state index contributed by atoms with van der Waals surface area (Å²) in [6, 6.07) is 13.1. The Bertz CT molecular complexity index is 923. The topological polar surface area (TPSA) is 80.3 Å². The van der Waals surface area contributed by atoms with Crippen LogP contribution in [0.3, 0.4) is 0 Å². The predicted octanol–water partition coefficient (Wildman–Crippen LogP) is 1.64. The number of nitrogens with one attached hydrogen (secondary N) is 1. The molecule has 2 heterocycles. The molecule has 0 unspecified atom stereocenters. The van der Waals surface area contributed by atoms with Crippen LogP contribution in [0.5, 0.6) is 11.5 Å². The van der Waals surface area contributed by atoms with Gasteiger partial charge in [-0.2, -0.15) is 0 Å². The zero-order valence-corrected chi connectivity index (χ0v) is 17.6. The molecule has 31 heavy (non-hydrogen) atoms. The largest absolute Gasteiger partial charge is 0.465 e. The summed E-state index contributed by atoms with van der Waals surface area (Å²) < 4.78 is 15.5. The van der Waals surface area contributed by atoms with E-state index in [1.54, 1.807) is 12.1 Å². The highest BCUT2D eigenvalue weighted by Gasteiger charge is 2.20. The third-order valence-electron chi connectivity index (χ3n) is 5.54. The van der Waals surface area contributed by atoms with Crippen LogP contribution in [0.25, 0.3) is 0 Å². The minimum absolute atomic E-state index is 0.00117. The van der Waals surface area contributed by atoms with Crippen LogP contribution in [-0.4, -0.2) is 68.3 Å². The summed E-state index contributed by atoms with van der Waals surface area (Å²) in [5, 5.41) is 2.95. The molecule has 0 saturated carbocycles. The predicted molar refractivity (Wildman–Crippen MR) is 114 cm³/mol. The van der Waals surface area contributed by atoms with E-state index in [2.05, 4.69) is 25.9 Å². The van der Waals surface area contributed by atoms with Gasteiger partial charge < -0.3 is 19.5 Å². The third kappa shape index (κ3) is 5.53. The number of piperazine rings is 1. The maximum absolute atomic E-state index is 12.3. The molecule has 1 amide bonds. The van der Waals surface area contributed by atoms with Crippen LogP contribution < -0.4 is 14.8 Å². The van der Waals surface area contributed by atoms with E-state index in [0.717, 1.165) is 49.8 Å². The number of hydrogen-bond acceptors (Lipinski definition) is 7. The van der Waals surface area contributed by atoms with Gasteiger partial charge in [-0.25, -0.2) is 4.79 Å². The molecule has 1 N–H and O–H groups in total. The van der Waals surface area contributed by atoms with Crippen molar-refractivity contribution in [3.63, 3.8) is 0 Å². The zero-order valence-electron chi connectivity index (χ0n) is 17.6. The van der Waals surface area contributed by atoms with Gasteiger partial charge in [0.15, 0.2) is 11.5 Å². The Labute approximate surface area is 181 Å². The number of esters is 1. The van der Waals surface area contributed by atoms with Gasteiger partial charge in [-0.15, -0.1) is 0 Å². The van der Waals surface area contributed by atoms with Crippen LogP contribution in [0, 0.1) is 0 Å². The number of fused-ring (bicyclic) bond motifs is 1. The molecule has 1 fully saturated rings. The van der Waals surface area contributed by atoms with Crippen LogP contribution in [0.15, 0.2) is 42.5 Å². The first-order valence-corrected chi connectivity index (χ1v) is 10.4. The molecular formula is C23H27N3O5. The van der Waals surface area contributed by atoms with Gasteiger partial charge in [0.05, 0.1) is 19.2 Å². The molecule has 8 heteroatoms. The Morgan fingerprint density at radius 3 is 2.35 bits per heavy atom. The lowest BCUT2D eigenvalue weighted by molar-refractivity contribution is -0.122. The van der Waals surface area contributed by atoms with Crippen molar-refractivity contribution >= 4 is 11.9 Å². The average molecular weight is 425 g/mol. The first-order chi connectivity index (χ1) is 15.1. The second-order valence-electron chi connectivity index (χ2n) is 7.71.